The molecule has 1 N–H and O–H groups in total. The number of carbonyl (C=O) groups is 2. The first-order chi connectivity index (χ1) is 17.0. The number of methoxy groups -OCH3 is 1. The van der Waals surface area contributed by atoms with Gasteiger partial charge in [0.2, 0.25) is 5.91 Å². The molecule has 2 heterocycles. The molecule has 1 amide bonds. The lowest BCUT2D eigenvalue weighted by Gasteiger charge is -2.23. The predicted molar refractivity (Wildman–Crippen MR) is 133 cm³/mol. The van der Waals surface area contributed by atoms with E-state index in [4.69, 9.17) is 16.3 Å². The van der Waals surface area contributed by atoms with Crippen molar-refractivity contribution in [2.45, 2.75) is 44.8 Å². The number of amides is 1. The molecule has 1 aliphatic rings. The highest BCUT2D eigenvalue weighted by molar-refractivity contribution is 6.30. The SMILES string of the molecule is CCc1ccc(CN2C[C@@H](n3cc(C(=O)OC)nn3)C[C@H]2C(=O)NCCc2cccc(Cl)c2)cc1. The van der Waals surface area contributed by atoms with E-state index in [-0.39, 0.29) is 23.7 Å². The maximum atomic E-state index is 13.2. The third-order valence-corrected chi connectivity index (χ3v) is 6.62. The summed E-state index contributed by atoms with van der Waals surface area (Å²) >= 11 is 6.07. The molecule has 0 radical (unpaired) electrons. The topological polar surface area (TPSA) is 89.3 Å². The number of ether oxygens (including phenoxy) is 1. The minimum atomic E-state index is -0.530. The quantitative estimate of drug-likeness (QED) is 0.457. The summed E-state index contributed by atoms with van der Waals surface area (Å²) in [6, 6.07) is 15.7. The highest BCUT2D eigenvalue weighted by Gasteiger charge is 2.38. The van der Waals surface area contributed by atoms with Crippen molar-refractivity contribution in [2.24, 2.45) is 0 Å². The van der Waals surface area contributed by atoms with Crippen molar-refractivity contribution in [3.8, 4) is 0 Å². The molecule has 3 aromatic rings. The molecule has 184 valence electrons. The van der Waals surface area contributed by atoms with E-state index in [1.54, 1.807) is 10.9 Å². The van der Waals surface area contributed by atoms with Crippen LogP contribution in [0.3, 0.4) is 0 Å². The number of likely N-dealkylation sites (tertiary alicyclic amines) is 1. The second kappa shape index (κ2) is 11.5. The Morgan fingerprint density at radius 1 is 1.14 bits per heavy atom. The van der Waals surface area contributed by atoms with Gasteiger partial charge in [0.1, 0.15) is 0 Å². The standard InChI is InChI=1S/C26H30ClN5O3/c1-3-18-7-9-20(10-8-18)15-31-16-22(32-17-23(29-30-32)26(34)35-2)14-24(31)25(33)28-12-11-19-5-4-6-21(27)13-19/h4-10,13,17,22,24H,3,11-12,14-16H2,1-2H3,(H,28,33)/t22-,24-/m0/s1. The largest absolute Gasteiger partial charge is 0.464 e. The zero-order chi connectivity index (χ0) is 24.8. The van der Waals surface area contributed by atoms with E-state index < -0.39 is 5.97 Å². The van der Waals surface area contributed by atoms with Crippen LogP contribution in [-0.2, 0) is 28.9 Å². The van der Waals surface area contributed by atoms with Crippen LogP contribution >= 0.6 is 11.6 Å². The average molecular weight is 496 g/mol. The fourth-order valence-electron chi connectivity index (χ4n) is 4.43. The summed E-state index contributed by atoms with van der Waals surface area (Å²) in [6.45, 7) is 3.91. The minimum absolute atomic E-state index is 0.0204. The van der Waals surface area contributed by atoms with Gasteiger partial charge in [-0.1, -0.05) is 60.1 Å². The number of carbonyl (C=O) groups excluding carboxylic acids is 2. The van der Waals surface area contributed by atoms with Crippen molar-refractivity contribution in [3.63, 3.8) is 0 Å². The van der Waals surface area contributed by atoms with Gasteiger partial charge in [-0.3, -0.25) is 9.69 Å². The number of rotatable bonds is 9. The van der Waals surface area contributed by atoms with E-state index in [0.717, 1.165) is 17.5 Å². The number of esters is 1. The maximum Gasteiger partial charge on any atom is 0.360 e. The lowest BCUT2D eigenvalue weighted by atomic mass is 10.1. The van der Waals surface area contributed by atoms with Gasteiger partial charge < -0.3 is 10.1 Å². The van der Waals surface area contributed by atoms with Gasteiger partial charge in [-0.2, -0.15) is 0 Å². The van der Waals surface area contributed by atoms with Crippen LogP contribution in [0.15, 0.2) is 54.7 Å². The Balaban J connectivity index is 1.46. The van der Waals surface area contributed by atoms with Crippen molar-refractivity contribution >= 4 is 23.5 Å². The normalized spacial score (nSPS) is 17.9. The number of nitrogens with one attached hydrogen (secondary N) is 1. The summed E-state index contributed by atoms with van der Waals surface area (Å²) in [5.41, 5.74) is 3.66. The van der Waals surface area contributed by atoms with Crippen LogP contribution in [0, 0.1) is 0 Å². The van der Waals surface area contributed by atoms with Crippen molar-refractivity contribution < 1.29 is 14.3 Å². The Kier molecular flexibility index (Phi) is 8.15. The number of benzene rings is 2. The first-order valence-electron chi connectivity index (χ1n) is 11.8. The molecule has 0 bridgehead atoms. The first-order valence-corrected chi connectivity index (χ1v) is 12.2. The molecule has 2 atom stereocenters. The van der Waals surface area contributed by atoms with Crippen molar-refractivity contribution in [1.29, 1.82) is 0 Å². The first kappa shape index (κ1) is 24.9. The van der Waals surface area contributed by atoms with Crippen LogP contribution in [0.4, 0.5) is 0 Å². The van der Waals surface area contributed by atoms with E-state index in [0.29, 0.717) is 37.5 Å². The lowest BCUT2D eigenvalue weighted by molar-refractivity contribution is -0.125. The van der Waals surface area contributed by atoms with Crippen LogP contribution < -0.4 is 5.32 Å². The molecule has 8 nitrogen and oxygen atoms in total. The van der Waals surface area contributed by atoms with Gasteiger partial charge in [0.15, 0.2) is 5.69 Å². The van der Waals surface area contributed by atoms with Gasteiger partial charge in [0, 0.05) is 24.7 Å². The third-order valence-electron chi connectivity index (χ3n) is 6.38. The van der Waals surface area contributed by atoms with Crippen LogP contribution in [-0.4, -0.2) is 58.0 Å². The number of nitrogens with zero attached hydrogens (tertiary/aromatic N) is 4. The summed E-state index contributed by atoms with van der Waals surface area (Å²) in [7, 11) is 1.31. The van der Waals surface area contributed by atoms with Crippen molar-refractivity contribution in [2.75, 3.05) is 20.2 Å². The molecule has 0 saturated carbocycles. The van der Waals surface area contributed by atoms with Gasteiger partial charge in [0.25, 0.3) is 0 Å². The molecular weight excluding hydrogens is 466 g/mol. The highest BCUT2D eigenvalue weighted by Crippen LogP contribution is 2.29. The average Bonchev–Trinajstić information content (AvgIpc) is 3.52. The Labute approximate surface area is 210 Å². The third kappa shape index (κ3) is 6.26. The molecule has 2 aromatic carbocycles. The van der Waals surface area contributed by atoms with E-state index >= 15 is 0 Å². The van der Waals surface area contributed by atoms with Gasteiger partial charge >= 0.3 is 5.97 Å². The van der Waals surface area contributed by atoms with Gasteiger partial charge in [0.05, 0.1) is 25.4 Å². The zero-order valence-electron chi connectivity index (χ0n) is 20.0. The molecule has 9 heteroatoms. The number of hydrogen-bond acceptors (Lipinski definition) is 6. The van der Waals surface area contributed by atoms with Crippen molar-refractivity contribution in [1.82, 2.24) is 25.2 Å². The number of aryl methyl sites for hydroxylation is 1. The highest BCUT2D eigenvalue weighted by atomic mass is 35.5. The summed E-state index contributed by atoms with van der Waals surface area (Å²) in [5.74, 6) is -0.551. The molecule has 35 heavy (non-hydrogen) atoms. The fraction of sp³-hybridized carbons (Fsp3) is 0.385. The number of halogens is 1. The minimum Gasteiger partial charge on any atom is -0.464 e. The zero-order valence-corrected chi connectivity index (χ0v) is 20.7. The van der Waals surface area contributed by atoms with Crippen LogP contribution in [0.1, 0.15) is 46.6 Å². The van der Waals surface area contributed by atoms with Crippen molar-refractivity contribution in [3.05, 3.63) is 82.1 Å². The van der Waals surface area contributed by atoms with Crippen LogP contribution in [0.2, 0.25) is 5.02 Å². The van der Waals surface area contributed by atoms with Gasteiger partial charge in [-0.05, 0) is 48.1 Å². The van der Waals surface area contributed by atoms with E-state index in [1.165, 1.54) is 12.7 Å². The summed E-state index contributed by atoms with van der Waals surface area (Å²) in [5, 5.41) is 11.8. The van der Waals surface area contributed by atoms with Gasteiger partial charge in [-0.15, -0.1) is 5.10 Å². The van der Waals surface area contributed by atoms with E-state index in [1.807, 2.05) is 24.3 Å². The van der Waals surface area contributed by atoms with Gasteiger partial charge in [-0.25, -0.2) is 9.48 Å². The number of hydrogen-bond donors (Lipinski definition) is 1. The summed E-state index contributed by atoms with van der Waals surface area (Å²) in [4.78, 5) is 27.2. The molecule has 0 spiro atoms. The van der Waals surface area contributed by atoms with Crippen LogP contribution in [0.25, 0.3) is 0 Å². The molecule has 4 rings (SSSR count). The Bertz CT molecular complexity index is 1160. The smallest absolute Gasteiger partial charge is 0.360 e. The number of aromatic nitrogens is 3. The predicted octanol–water partition coefficient (Wildman–Crippen LogP) is 3.46. The Morgan fingerprint density at radius 3 is 2.63 bits per heavy atom. The fourth-order valence-corrected chi connectivity index (χ4v) is 4.64. The molecule has 0 aliphatic carbocycles. The second-order valence-electron chi connectivity index (χ2n) is 8.75. The monoisotopic (exact) mass is 495 g/mol. The summed E-state index contributed by atoms with van der Waals surface area (Å²) in [6.07, 6.45) is 3.84. The van der Waals surface area contributed by atoms with E-state index in [2.05, 4.69) is 51.7 Å². The maximum absolute atomic E-state index is 13.2. The molecule has 1 fully saturated rings. The second-order valence-corrected chi connectivity index (χ2v) is 9.19. The molecule has 1 aromatic heterocycles. The molecule has 1 aliphatic heterocycles. The molecule has 0 unspecified atom stereocenters. The Morgan fingerprint density at radius 2 is 1.91 bits per heavy atom. The molecule has 1 saturated heterocycles. The van der Waals surface area contributed by atoms with Crippen LogP contribution in [0.5, 0.6) is 0 Å². The summed E-state index contributed by atoms with van der Waals surface area (Å²) < 4.78 is 6.41. The lowest BCUT2D eigenvalue weighted by Crippen LogP contribution is -2.43. The Hall–Kier alpha value is -3.23. The molecular formula is C26H30ClN5O3. The van der Waals surface area contributed by atoms with E-state index in [9.17, 15) is 9.59 Å².